The molecule has 2 aromatic rings. The molecule has 0 aliphatic rings. The van der Waals surface area contributed by atoms with Crippen LogP contribution >= 0.6 is 0 Å². The van der Waals surface area contributed by atoms with Gasteiger partial charge in [0.15, 0.2) is 0 Å². The van der Waals surface area contributed by atoms with Gasteiger partial charge in [0, 0.05) is 13.6 Å². The summed E-state index contributed by atoms with van der Waals surface area (Å²) in [4.78, 5) is 1.80. The Hall–Kier alpha value is -1.95. The normalized spacial score (nSPS) is 11.1. The van der Waals surface area contributed by atoms with Gasteiger partial charge in [-0.15, -0.1) is 5.10 Å². The topological polar surface area (TPSA) is 54.2 Å². The lowest BCUT2D eigenvalue weighted by atomic mass is 10.2. The van der Waals surface area contributed by atoms with Gasteiger partial charge in [-0.2, -0.15) is 0 Å². The van der Waals surface area contributed by atoms with Crippen LogP contribution in [0.3, 0.4) is 0 Å². The fraction of sp³-hybridized carbons (Fsp3) is 0.467. The quantitative estimate of drug-likeness (QED) is 0.850. The second kappa shape index (κ2) is 7.17. The molecule has 0 aliphatic carbocycles. The molecule has 0 saturated carbocycles. The number of nitrogens with one attached hydrogen (secondary N) is 1. The molecule has 6 heteroatoms. The van der Waals surface area contributed by atoms with Gasteiger partial charge in [0.25, 0.3) is 0 Å². The largest absolute Gasteiger partial charge is 0.407 e. The van der Waals surface area contributed by atoms with Crippen LogP contribution in [0, 0.1) is 11.7 Å². The molecule has 0 spiro atoms. The highest BCUT2D eigenvalue weighted by molar-refractivity contribution is 5.27. The van der Waals surface area contributed by atoms with Gasteiger partial charge < -0.3 is 14.6 Å². The van der Waals surface area contributed by atoms with E-state index in [1.54, 1.807) is 11.0 Å². The zero-order valence-electron chi connectivity index (χ0n) is 12.6. The molecule has 0 aliphatic heterocycles. The first-order valence-corrected chi connectivity index (χ1v) is 7.03. The van der Waals surface area contributed by atoms with Crippen molar-refractivity contribution < 1.29 is 8.81 Å². The average molecular weight is 292 g/mol. The Balaban J connectivity index is 1.91. The van der Waals surface area contributed by atoms with E-state index in [0.29, 0.717) is 30.9 Å². The summed E-state index contributed by atoms with van der Waals surface area (Å²) in [5.74, 6) is 0.879. The molecule has 0 atom stereocenters. The molecule has 0 unspecified atom stereocenters. The molecule has 114 valence electrons. The van der Waals surface area contributed by atoms with Crippen molar-refractivity contribution in [3.05, 3.63) is 41.5 Å². The van der Waals surface area contributed by atoms with E-state index in [1.807, 2.05) is 13.1 Å². The van der Waals surface area contributed by atoms with Crippen LogP contribution in [0.1, 0.15) is 25.3 Å². The Morgan fingerprint density at radius 3 is 2.86 bits per heavy atom. The summed E-state index contributed by atoms with van der Waals surface area (Å²) in [5, 5.41) is 11.3. The number of rotatable bonds is 7. The molecule has 1 N–H and O–H groups in total. The molecule has 1 aromatic carbocycles. The Bertz CT molecular complexity index is 570. The Kier molecular flexibility index (Phi) is 5.27. The maximum absolute atomic E-state index is 13.2. The molecule has 2 rings (SSSR count). The van der Waals surface area contributed by atoms with Gasteiger partial charge in [-0.25, -0.2) is 4.39 Å². The van der Waals surface area contributed by atoms with Crippen LogP contribution < -0.4 is 10.2 Å². The zero-order valence-corrected chi connectivity index (χ0v) is 12.6. The van der Waals surface area contributed by atoms with Crippen molar-refractivity contribution in [3.63, 3.8) is 0 Å². The van der Waals surface area contributed by atoms with Crippen LogP contribution in [-0.4, -0.2) is 23.8 Å². The summed E-state index contributed by atoms with van der Waals surface area (Å²) >= 11 is 0. The summed E-state index contributed by atoms with van der Waals surface area (Å²) in [5.41, 5.74) is 0.857. The first-order chi connectivity index (χ1) is 10.0. The zero-order chi connectivity index (χ0) is 15.2. The summed E-state index contributed by atoms with van der Waals surface area (Å²) in [6, 6.07) is 6.90. The van der Waals surface area contributed by atoms with Crippen molar-refractivity contribution in [3.8, 4) is 0 Å². The molecule has 0 bridgehead atoms. The highest BCUT2D eigenvalue weighted by Crippen LogP contribution is 2.14. The van der Waals surface area contributed by atoms with Crippen molar-refractivity contribution in [2.24, 2.45) is 5.92 Å². The molecule has 21 heavy (non-hydrogen) atoms. The maximum atomic E-state index is 13.2. The van der Waals surface area contributed by atoms with E-state index in [-0.39, 0.29) is 5.82 Å². The van der Waals surface area contributed by atoms with Crippen LogP contribution in [0.4, 0.5) is 10.4 Å². The van der Waals surface area contributed by atoms with E-state index in [1.165, 1.54) is 12.1 Å². The lowest BCUT2D eigenvalue weighted by molar-refractivity contribution is 0.450. The number of nitrogens with zero attached hydrogens (tertiary/aromatic N) is 3. The van der Waals surface area contributed by atoms with Gasteiger partial charge in [-0.1, -0.05) is 31.1 Å². The second-order valence-corrected chi connectivity index (χ2v) is 5.49. The van der Waals surface area contributed by atoms with Crippen molar-refractivity contribution in [1.82, 2.24) is 15.5 Å². The molecule has 1 heterocycles. The van der Waals surface area contributed by atoms with Gasteiger partial charge >= 0.3 is 6.01 Å². The highest BCUT2D eigenvalue weighted by atomic mass is 19.1. The molecule has 5 nitrogen and oxygen atoms in total. The Morgan fingerprint density at radius 1 is 1.33 bits per heavy atom. The molecule has 1 aromatic heterocycles. The maximum Gasteiger partial charge on any atom is 0.318 e. The average Bonchev–Trinajstić information content (AvgIpc) is 2.87. The Morgan fingerprint density at radius 2 is 2.14 bits per heavy atom. The first kappa shape index (κ1) is 15.4. The monoisotopic (exact) mass is 292 g/mol. The number of hydrogen-bond donors (Lipinski definition) is 1. The predicted octanol–water partition coefficient (Wildman–Crippen LogP) is 2.59. The minimum Gasteiger partial charge on any atom is -0.407 e. The third-order valence-corrected chi connectivity index (χ3v) is 2.92. The molecule has 0 fully saturated rings. The summed E-state index contributed by atoms with van der Waals surface area (Å²) in [7, 11) is 1.84. The number of anilines is 1. The van der Waals surface area contributed by atoms with Crippen LogP contribution in [0.2, 0.25) is 0 Å². The summed E-state index contributed by atoms with van der Waals surface area (Å²) in [6.07, 6.45) is 0. The van der Waals surface area contributed by atoms with Crippen molar-refractivity contribution >= 4 is 6.01 Å². The SMILES string of the molecule is CC(C)CNCc1nnc(N(C)Cc2cccc(F)c2)o1. The second-order valence-electron chi connectivity index (χ2n) is 5.49. The van der Waals surface area contributed by atoms with E-state index in [9.17, 15) is 4.39 Å². The third-order valence-electron chi connectivity index (χ3n) is 2.92. The third kappa shape index (κ3) is 4.82. The summed E-state index contributed by atoms with van der Waals surface area (Å²) < 4.78 is 18.7. The van der Waals surface area contributed by atoms with E-state index in [4.69, 9.17) is 4.42 Å². The number of aromatic nitrogens is 2. The minimum atomic E-state index is -0.245. The van der Waals surface area contributed by atoms with Crippen molar-refractivity contribution in [2.75, 3.05) is 18.5 Å². The Labute approximate surface area is 124 Å². The van der Waals surface area contributed by atoms with Crippen molar-refractivity contribution in [1.29, 1.82) is 0 Å². The summed E-state index contributed by atoms with van der Waals surface area (Å²) in [6.45, 7) is 6.24. The molecule has 0 amide bonds. The van der Waals surface area contributed by atoms with Crippen LogP contribution in [0.5, 0.6) is 0 Å². The standard InChI is InChI=1S/C15H21FN4O/c1-11(2)8-17-9-14-18-19-15(21-14)20(3)10-12-5-4-6-13(16)7-12/h4-7,11,17H,8-10H2,1-3H3. The van der Waals surface area contributed by atoms with Gasteiger partial charge in [-0.3, -0.25) is 0 Å². The highest BCUT2D eigenvalue weighted by Gasteiger charge is 2.11. The fourth-order valence-electron chi connectivity index (χ4n) is 1.92. The molecule has 0 radical (unpaired) electrons. The number of hydrogen-bond acceptors (Lipinski definition) is 5. The molecular weight excluding hydrogens is 271 g/mol. The number of benzene rings is 1. The minimum absolute atomic E-state index is 0.245. The predicted molar refractivity (Wildman–Crippen MR) is 79.3 cm³/mol. The fourth-order valence-corrected chi connectivity index (χ4v) is 1.92. The van der Waals surface area contributed by atoms with Gasteiger partial charge in [0.1, 0.15) is 5.82 Å². The van der Waals surface area contributed by atoms with Crippen LogP contribution in [0.15, 0.2) is 28.7 Å². The van der Waals surface area contributed by atoms with Gasteiger partial charge in [0.2, 0.25) is 5.89 Å². The molecule has 0 saturated heterocycles. The van der Waals surface area contributed by atoms with Crippen LogP contribution in [0.25, 0.3) is 0 Å². The lowest BCUT2D eigenvalue weighted by Crippen LogP contribution is -2.19. The van der Waals surface area contributed by atoms with E-state index >= 15 is 0 Å². The van der Waals surface area contributed by atoms with Gasteiger partial charge in [0.05, 0.1) is 6.54 Å². The van der Waals surface area contributed by atoms with E-state index in [2.05, 4.69) is 29.4 Å². The van der Waals surface area contributed by atoms with Crippen LogP contribution in [-0.2, 0) is 13.1 Å². The smallest absolute Gasteiger partial charge is 0.318 e. The van der Waals surface area contributed by atoms with Crippen molar-refractivity contribution in [2.45, 2.75) is 26.9 Å². The van der Waals surface area contributed by atoms with E-state index < -0.39 is 0 Å². The van der Waals surface area contributed by atoms with E-state index in [0.717, 1.165) is 12.1 Å². The number of halogens is 1. The van der Waals surface area contributed by atoms with Gasteiger partial charge in [-0.05, 0) is 30.2 Å². The lowest BCUT2D eigenvalue weighted by Gasteiger charge is -2.13. The first-order valence-electron chi connectivity index (χ1n) is 7.03. The molecular formula is C15H21FN4O.